The summed E-state index contributed by atoms with van der Waals surface area (Å²) < 4.78 is 47.6. The summed E-state index contributed by atoms with van der Waals surface area (Å²) in [6, 6.07) is 7.51. The van der Waals surface area contributed by atoms with Crippen molar-refractivity contribution in [2.24, 2.45) is 0 Å². The van der Waals surface area contributed by atoms with Gasteiger partial charge in [0.1, 0.15) is 11.4 Å². The Labute approximate surface area is 176 Å². The first-order valence-corrected chi connectivity index (χ1v) is 9.74. The Hall–Kier alpha value is -2.18. The number of aromatic nitrogens is 1. The zero-order valence-electron chi connectivity index (χ0n) is 15.5. The average Bonchev–Trinajstić information content (AvgIpc) is 3.02. The van der Waals surface area contributed by atoms with Gasteiger partial charge in [-0.1, -0.05) is 41.4 Å². The van der Waals surface area contributed by atoms with E-state index in [4.69, 9.17) is 27.9 Å². The number of hydrogen-bond acceptors (Lipinski definition) is 2. The highest BCUT2D eigenvalue weighted by Crippen LogP contribution is 2.38. The molecule has 1 aliphatic rings. The molecule has 0 N–H and O–H groups in total. The van der Waals surface area contributed by atoms with E-state index in [1.807, 2.05) is 0 Å². The molecule has 0 radical (unpaired) electrons. The highest BCUT2D eigenvalue weighted by molar-refractivity contribution is 6.30. The van der Waals surface area contributed by atoms with Gasteiger partial charge in [0.25, 0.3) is 0 Å². The van der Waals surface area contributed by atoms with Crippen molar-refractivity contribution in [3.8, 4) is 0 Å². The van der Waals surface area contributed by atoms with Gasteiger partial charge in [-0.15, -0.1) is 0 Å². The van der Waals surface area contributed by atoms with Crippen LogP contribution in [0.5, 0.6) is 0 Å². The Balaban J connectivity index is 2.21. The quantitative estimate of drug-likeness (QED) is 0.482. The Kier molecular flexibility index (Phi) is 6.44. The van der Waals surface area contributed by atoms with Crippen LogP contribution in [0.3, 0.4) is 0 Å². The van der Waals surface area contributed by atoms with Crippen LogP contribution in [0.15, 0.2) is 47.5 Å². The molecule has 29 heavy (non-hydrogen) atoms. The van der Waals surface area contributed by atoms with Crippen LogP contribution in [-0.2, 0) is 17.5 Å². The van der Waals surface area contributed by atoms with E-state index in [0.29, 0.717) is 34.0 Å². The maximum Gasteiger partial charge on any atom is 0.431 e. The third kappa shape index (κ3) is 4.87. The van der Waals surface area contributed by atoms with Crippen molar-refractivity contribution in [1.82, 2.24) is 4.57 Å². The highest BCUT2D eigenvalue weighted by Gasteiger charge is 2.39. The third-order valence-corrected chi connectivity index (χ3v) is 5.08. The van der Waals surface area contributed by atoms with Crippen LogP contribution in [-0.4, -0.2) is 17.1 Å². The summed E-state index contributed by atoms with van der Waals surface area (Å²) >= 11 is 12.0. The minimum absolute atomic E-state index is 0.0484. The number of benzene rings is 1. The molecule has 0 saturated carbocycles. The maximum absolute atomic E-state index is 13.9. The highest BCUT2D eigenvalue weighted by atomic mass is 35.5. The summed E-state index contributed by atoms with van der Waals surface area (Å²) in [4.78, 5) is 12.7. The van der Waals surface area contributed by atoms with E-state index < -0.39 is 17.8 Å². The van der Waals surface area contributed by atoms with Crippen molar-refractivity contribution in [2.75, 3.05) is 6.61 Å². The summed E-state index contributed by atoms with van der Waals surface area (Å²) in [5.41, 5.74) is 0.302. The summed E-state index contributed by atoms with van der Waals surface area (Å²) in [5.74, 6) is -0.804. The zero-order chi connectivity index (χ0) is 21.2. The molecular weight excluding hydrogens is 426 g/mol. The second-order valence-electron chi connectivity index (χ2n) is 6.53. The molecule has 0 atom stereocenters. The number of allylic oxidation sites excluding steroid dienone is 4. The second kappa shape index (κ2) is 8.67. The van der Waals surface area contributed by atoms with E-state index in [1.54, 1.807) is 43.3 Å². The van der Waals surface area contributed by atoms with E-state index >= 15 is 0 Å². The molecule has 0 spiro atoms. The molecule has 0 fully saturated rings. The number of hydrogen-bond donors (Lipinski definition) is 0. The van der Waals surface area contributed by atoms with Crippen LogP contribution in [0.1, 0.15) is 47.1 Å². The largest absolute Gasteiger partial charge is 0.461 e. The Morgan fingerprint density at radius 1 is 1.17 bits per heavy atom. The van der Waals surface area contributed by atoms with Gasteiger partial charge in [0.2, 0.25) is 0 Å². The Morgan fingerprint density at radius 2 is 1.93 bits per heavy atom. The van der Waals surface area contributed by atoms with Crippen LogP contribution >= 0.6 is 23.2 Å². The summed E-state index contributed by atoms with van der Waals surface area (Å²) in [6.45, 7) is 1.48. The average molecular weight is 444 g/mol. The summed E-state index contributed by atoms with van der Waals surface area (Å²) in [5, 5.41) is 1.01. The van der Waals surface area contributed by atoms with Crippen LogP contribution in [0, 0.1) is 0 Å². The molecule has 3 rings (SSSR count). The van der Waals surface area contributed by atoms with Crippen LogP contribution in [0.2, 0.25) is 5.02 Å². The fraction of sp³-hybridized carbons (Fsp3) is 0.286. The molecule has 8 heteroatoms. The molecule has 0 aliphatic heterocycles. The lowest BCUT2D eigenvalue weighted by Gasteiger charge is -2.16. The van der Waals surface area contributed by atoms with Crippen molar-refractivity contribution in [1.29, 1.82) is 0 Å². The van der Waals surface area contributed by atoms with Gasteiger partial charge in [-0.05, 0) is 55.2 Å². The lowest BCUT2D eigenvalue weighted by Crippen LogP contribution is -2.20. The number of esters is 1. The number of rotatable bonds is 5. The van der Waals surface area contributed by atoms with E-state index in [-0.39, 0.29) is 24.4 Å². The molecule has 0 unspecified atom stereocenters. The molecular formula is C21H18Cl2F3NO2. The van der Waals surface area contributed by atoms with Crippen molar-refractivity contribution < 1.29 is 22.7 Å². The molecule has 3 nitrogen and oxygen atoms in total. The van der Waals surface area contributed by atoms with E-state index in [2.05, 4.69) is 0 Å². The van der Waals surface area contributed by atoms with Crippen molar-refractivity contribution >= 4 is 34.7 Å². The predicted molar refractivity (Wildman–Crippen MR) is 107 cm³/mol. The lowest BCUT2D eigenvalue weighted by atomic mass is 9.97. The van der Waals surface area contributed by atoms with E-state index in [1.165, 1.54) is 0 Å². The molecule has 0 bridgehead atoms. The van der Waals surface area contributed by atoms with E-state index in [9.17, 15) is 18.0 Å². The fourth-order valence-corrected chi connectivity index (χ4v) is 3.64. The second-order valence-corrected chi connectivity index (χ2v) is 7.45. The van der Waals surface area contributed by atoms with Crippen molar-refractivity contribution in [2.45, 2.75) is 32.5 Å². The maximum atomic E-state index is 13.9. The number of halogens is 5. The molecule has 1 aliphatic carbocycles. The van der Waals surface area contributed by atoms with Crippen molar-refractivity contribution in [3.63, 3.8) is 0 Å². The molecule has 154 valence electrons. The molecule has 1 aromatic carbocycles. The number of alkyl halides is 3. The van der Waals surface area contributed by atoms with Gasteiger partial charge >= 0.3 is 12.1 Å². The Morgan fingerprint density at radius 3 is 2.52 bits per heavy atom. The third-order valence-electron chi connectivity index (χ3n) is 4.53. The minimum Gasteiger partial charge on any atom is -0.461 e. The van der Waals surface area contributed by atoms with Gasteiger partial charge in [-0.3, -0.25) is 0 Å². The molecule has 1 heterocycles. The van der Waals surface area contributed by atoms with Gasteiger partial charge in [-0.2, -0.15) is 13.2 Å². The first-order chi connectivity index (χ1) is 13.7. The number of carbonyl (C=O) groups excluding carboxylic acids is 1. The normalized spacial score (nSPS) is 14.4. The minimum atomic E-state index is -4.65. The monoisotopic (exact) mass is 443 g/mol. The first kappa shape index (κ1) is 21.5. The molecule has 2 aromatic rings. The van der Waals surface area contributed by atoms with Gasteiger partial charge in [0.15, 0.2) is 0 Å². The number of nitrogens with zero attached hydrogens (tertiary/aromatic N) is 1. The number of ether oxygens (including phenoxy) is 1. The van der Waals surface area contributed by atoms with Gasteiger partial charge in [0.05, 0.1) is 6.61 Å². The SMILES string of the molecule is CCOC(=O)c1c(C2=CC=C(Cl)CC2)cc(C(F)(F)F)n1Cc1cccc(Cl)c1. The lowest BCUT2D eigenvalue weighted by molar-refractivity contribution is -0.143. The van der Waals surface area contributed by atoms with Crippen LogP contribution < -0.4 is 0 Å². The predicted octanol–water partition coefficient (Wildman–Crippen LogP) is 6.69. The van der Waals surface area contributed by atoms with Gasteiger partial charge in [-0.25, -0.2) is 4.79 Å². The summed E-state index contributed by atoms with van der Waals surface area (Å²) in [7, 11) is 0. The molecule has 0 amide bonds. The molecule has 0 saturated heterocycles. The zero-order valence-corrected chi connectivity index (χ0v) is 17.0. The van der Waals surface area contributed by atoms with Crippen molar-refractivity contribution in [3.05, 3.63) is 75.1 Å². The fourth-order valence-electron chi connectivity index (χ4n) is 3.27. The smallest absolute Gasteiger partial charge is 0.431 e. The standard InChI is InChI=1S/C21H18Cl2F3NO2/c1-2-29-20(28)19-17(14-6-8-15(22)9-7-14)11-18(21(24,25)26)27(19)12-13-4-3-5-16(23)10-13/h3-6,8,10-11H,2,7,9,12H2,1H3. The van der Waals surface area contributed by atoms with Gasteiger partial charge in [0, 0.05) is 22.2 Å². The van der Waals surface area contributed by atoms with Crippen LogP contribution in [0.4, 0.5) is 13.2 Å². The van der Waals surface area contributed by atoms with Gasteiger partial charge < -0.3 is 9.30 Å². The molecule has 1 aromatic heterocycles. The first-order valence-electron chi connectivity index (χ1n) is 8.98. The Bertz CT molecular complexity index is 990. The van der Waals surface area contributed by atoms with Crippen LogP contribution in [0.25, 0.3) is 5.57 Å². The topological polar surface area (TPSA) is 31.2 Å². The van der Waals surface area contributed by atoms with E-state index in [0.717, 1.165) is 10.6 Å². The summed E-state index contributed by atoms with van der Waals surface area (Å²) in [6.07, 6.45) is -0.442. The number of carbonyl (C=O) groups is 1.